The normalized spacial score (nSPS) is 14.3. The maximum absolute atomic E-state index is 11.6. The lowest BCUT2D eigenvalue weighted by Crippen LogP contribution is -2.31. The van der Waals surface area contributed by atoms with Gasteiger partial charge in [0.1, 0.15) is 11.6 Å². The van der Waals surface area contributed by atoms with Crippen molar-refractivity contribution in [2.24, 2.45) is 0 Å². The van der Waals surface area contributed by atoms with E-state index in [2.05, 4.69) is 27.9 Å². The third-order valence-electron chi connectivity index (χ3n) is 3.97. The molecule has 1 saturated heterocycles. The summed E-state index contributed by atoms with van der Waals surface area (Å²) >= 11 is 0. The molecule has 33 heavy (non-hydrogen) atoms. The van der Waals surface area contributed by atoms with Gasteiger partial charge in [-0.3, -0.25) is 14.4 Å². The number of rotatable bonds is 7. The van der Waals surface area contributed by atoms with Gasteiger partial charge in [0, 0.05) is 18.8 Å². The molecule has 1 aliphatic rings. The van der Waals surface area contributed by atoms with E-state index in [-0.39, 0.29) is 23.2 Å². The van der Waals surface area contributed by atoms with Gasteiger partial charge in [0.05, 0.1) is 7.11 Å². The minimum absolute atomic E-state index is 0.0167. The monoisotopic (exact) mass is 462 g/mol. The van der Waals surface area contributed by atoms with E-state index in [9.17, 15) is 14.4 Å². The third-order valence-corrected chi connectivity index (χ3v) is 3.97. The fourth-order valence-corrected chi connectivity index (χ4v) is 2.39. The van der Waals surface area contributed by atoms with E-state index in [1.807, 2.05) is 52.8 Å². The van der Waals surface area contributed by atoms with Crippen LogP contribution in [0.5, 0.6) is 0 Å². The summed E-state index contributed by atoms with van der Waals surface area (Å²) in [6.45, 7) is 18.8. The predicted molar refractivity (Wildman–Crippen MR) is 136 cm³/mol. The number of pyridine rings is 1. The number of aromatic nitrogens is 1. The fourth-order valence-electron chi connectivity index (χ4n) is 2.39. The quantitative estimate of drug-likeness (QED) is 0.277. The van der Waals surface area contributed by atoms with E-state index in [0.717, 1.165) is 31.4 Å². The van der Waals surface area contributed by atoms with Crippen LogP contribution >= 0.6 is 0 Å². The van der Waals surface area contributed by atoms with Crippen LogP contribution in [0.1, 0.15) is 59.4 Å². The number of allylic oxidation sites excluding steroid dienone is 3. The van der Waals surface area contributed by atoms with Gasteiger partial charge in [0.15, 0.2) is 0 Å². The molecule has 0 aromatic carbocycles. The van der Waals surface area contributed by atoms with Crippen molar-refractivity contribution in [1.82, 2.24) is 9.88 Å². The highest BCUT2D eigenvalue weighted by Crippen LogP contribution is 2.05. The number of nitrogens with zero attached hydrogens (tertiary/aromatic N) is 1. The molecule has 0 amide bonds. The van der Waals surface area contributed by atoms with Gasteiger partial charge in [-0.25, -0.2) is 0 Å². The molecule has 0 saturated carbocycles. The molecule has 0 aliphatic carbocycles. The largest absolute Gasteiger partial charge is 0.468 e. The van der Waals surface area contributed by atoms with Crippen LogP contribution in [0.3, 0.4) is 0 Å². The van der Waals surface area contributed by atoms with Crippen molar-refractivity contribution in [1.29, 1.82) is 0 Å². The summed E-state index contributed by atoms with van der Waals surface area (Å²) in [5, 5.41) is 3.03. The van der Waals surface area contributed by atoms with Crippen molar-refractivity contribution < 1.29 is 19.1 Å². The standard InChI is InChI=1S/C13H15NO.C6H11NO2.C5H10O2.C2H6/c1-3-5-7-12-8-10-14(9-6-4-2)13(15)11-12;1-9-6(8)5-3-2-4-7-5;1-5(2,3)7-4-6;1-2/h3-5,7-8,10-11H,1-2,6,9H2;5,7H,2-4H2,1H3;4H,1-3H3;1-2H3/b7-5-;;;/t;5-;;/m.0../s1. The molecule has 7 nitrogen and oxygen atoms in total. The second-order valence-electron chi connectivity index (χ2n) is 7.66. The number of esters is 1. The predicted octanol–water partition coefficient (Wildman–Crippen LogP) is 4.52. The van der Waals surface area contributed by atoms with Crippen molar-refractivity contribution in [2.75, 3.05) is 13.7 Å². The first-order valence-corrected chi connectivity index (χ1v) is 11.2. The van der Waals surface area contributed by atoms with Crippen LogP contribution < -0.4 is 10.9 Å². The molecule has 1 N–H and O–H groups in total. The van der Waals surface area contributed by atoms with Crippen LogP contribution in [0, 0.1) is 0 Å². The van der Waals surface area contributed by atoms with Crippen LogP contribution in [0.2, 0.25) is 0 Å². The molecule has 186 valence electrons. The first kappa shape index (κ1) is 32.3. The summed E-state index contributed by atoms with van der Waals surface area (Å²) in [5.41, 5.74) is 0.597. The Morgan fingerprint density at radius 2 is 1.97 bits per heavy atom. The molecular weight excluding hydrogens is 420 g/mol. The molecule has 1 atom stereocenters. The fraction of sp³-hybridized carbons (Fsp3) is 0.500. The molecule has 0 radical (unpaired) electrons. The minimum Gasteiger partial charge on any atom is -0.468 e. The molecule has 1 aliphatic heterocycles. The van der Waals surface area contributed by atoms with Crippen LogP contribution in [0.25, 0.3) is 6.08 Å². The van der Waals surface area contributed by atoms with Crippen molar-refractivity contribution in [3.8, 4) is 0 Å². The van der Waals surface area contributed by atoms with Gasteiger partial charge in [0.2, 0.25) is 0 Å². The van der Waals surface area contributed by atoms with E-state index >= 15 is 0 Å². The molecule has 0 spiro atoms. The average molecular weight is 463 g/mol. The number of hydrogen-bond acceptors (Lipinski definition) is 6. The Hall–Kier alpha value is -2.93. The number of carbonyl (C=O) groups is 2. The number of nitrogens with one attached hydrogen (secondary N) is 1. The van der Waals surface area contributed by atoms with Crippen LogP contribution in [0.15, 0.2) is 54.5 Å². The molecule has 1 aromatic rings. The summed E-state index contributed by atoms with van der Waals surface area (Å²) in [7, 11) is 1.42. The highest BCUT2D eigenvalue weighted by molar-refractivity contribution is 5.75. The van der Waals surface area contributed by atoms with Crippen molar-refractivity contribution in [3.63, 3.8) is 0 Å². The molecule has 0 bridgehead atoms. The van der Waals surface area contributed by atoms with Gasteiger partial charge in [-0.2, -0.15) is 0 Å². The summed E-state index contributed by atoms with van der Waals surface area (Å²) in [6.07, 6.45) is 11.8. The van der Waals surface area contributed by atoms with Crippen LogP contribution in [-0.4, -0.2) is 42.3 Å². The SMILES string of the molecule is C=C/C=C\c1ccn(CCC=C)c(=O)c1.CC.CC(C)(C)OC=O.COC(=O)[C@@H]1CCCN1. The Morgan fingerprint density at radius 1 is 1.30 bits per heavy atom. The molecule has 1 aromatic heterocycles. The zero-order chi connectivity index (χ0) is 25.7. The topological polar surface area (TPSA) is 86.6 Å². The van der Waals surface area contributed by atoms with Crippen molar-refractivity contribution >= 4 is 18.5 Å². The Balaban J connectivity index is 0. The lowest BCUT2D eigenvalue weighted by atomic mass is 10.2. The second kappa shape index (κ2) is 19.7. The van der Waals surface area contributed by atoms with Gasteiger partial charge >= 0.3 is 5.97 Å². The number of ether oxygens (including phenoxy) is 2. The zero-order valence-electron chi connectivity index (χ0n) is 21.1. The Kier molecular flexibility index (Phi) is 19.3. The number of hydrogen-bond donors (Lipinski definition) is 1. The van der Waals surface area contributed by atoms with Crippen molar-refractivity contribution in [2.45, 2.75) is 72.1 Å². The highest BCUT2D eigenvalue weighted by Gasteiger charge is 2.21. The Morgan fingerprint density at radius 3 is 2.36 bits per heavy atom. The van der Waals surface area contributed by atoms with E-state index in [4.69, 9.17) is 0 Å². The van der Waals surface area contributed by atoms with Gasteiger partial charge in [0.25, 0.3) is 12.0 Å². The van der Waals surface area contributed by atoms with Gasteiger partial charge in [-0.05, 0) is 58.2 Å². The van der Waals surface area contributed by atoms with Gasteiger partial charge in [-0.15, -0.1) is 6.58 Å². The number of methoxy groups -OCH3 is 1. The Bertz CT molecular complexity index is 770. The maximum atomic E-state index is 11.6. The van der Waals surface area contributed by atoms with E-state index in [1.54, 1.807) is 29.0 Å². The summed E-state index contributed by atoms with van der Waals surface area (Å²) < 4.78 is 10.8. The van der Waals surface area contributed by atoms with Crippen molar-refractivity contribution in [3.05, 3.63) is 65.6 Å². The molecule has 7 heteroatoms. The lowest BCUT2D eigenvalue weighted by Gasteiger charge is -2.14. The first-order chi connectivity index (χ1) is 15.7. The smallest absolute Gasteiger partial charge is 0.322 e. The lowest BCUT2D eigenvalue weighted by molar-refractivity contribution is -0.142. The maximum Gasteiger partial charge on any atom is 0.322 e. The minimum atomic E-state index is -0.318. The molecule has 0 unspecified atom stereocenters. The molecule has 2 heterocycles. The average Bonchev–Trinajstić information content (AvgIpc) is 3.33. The van der Waals surface area contributed by atoms with E-state index in [1.165, 1.54) is 7.11 Å². The summed E-state index contributed by atoms with van der Waals surface area (Å²) in [4.78, 5) is 31.9. The van der Waals surface area contributed by atoms with E-state index in [0.29, 0.717) is 13.0 Å². The Labute approximate surface area is 199 Å². The zero-order valence-corrected chi connectivity index (χ0v) is 21.1. The molecular formula is C26H42N2O5. The first-order valence-electron chi connectivity index (χ1n) is 11.2. The summed E-state index contributed by atoms with van der Waals surface area (Å²) in [5.74, 6) is -0.132. The number of aryl methyl sites for hydroxylation is 1. The van der Waals surface area contributed by atoms with Crippen LogP contribution in [0.4, 0.5) is 0 Å². The van der Waals surface area contributed by atoms with Gasteiger partial charge in [-0.1, -0.05) is 44.7 Å². The molecule has 2 rings (SSSR count). The van der Waals surface area contributed by atoms with Crippen LogP contribution in [-0.2, 0) is 25.6 Å². The molecule has 1 fully saturated rings. The van der Waals surface area contributed by atoms with Gasteiger partial charge < -0.3 is 19.4 Å². The summed E-state index contributed by atoms with van der Waals surface area (Å²) in [6, 6.07) is 3.49. The highest BCUT2D eigenvalue weighted by atomic mass is 16.5. The third kappa shape index (κ3) is 17.3. The van der Waals surface area contributed by atoms with E-state index < -0.39 is 0 Å². The second-order valence-corrected chi connectivity index (χ2v) is 7.66. The number of carbonyl (C=O) groups excluding carboxylic acids is 2.